The van der Waals surface area contributed by atoms with E-state index in [1.807, 2.05) is 6.07 Å². The van der Waals surface area contributed by atoms with E-state index in [0.29, 0.717) is 16.1 Å². The fourth-order valence-electron chi connectivity index (χ4n) is 1.65. The van der Waals surface area contributed by atoms with Gasteiger partial charge in [0.05, 0.1) is 4.47 Å². The van der Waals surface area contributed by atoms with Crippen molar-refractivity contribution in [2.45, 2.75) is 19.9 Å². The number of hydrogen-bond acceptors (Lipinski definition) is 3. The molecule has 3 nitrogen and oxygen atoms in total. The third-order valence-corrected chi connectivity index (χ3v) is 3.32. The summed E-state index contributed by atoms with van der Waals surface area (Å²) in [5.74, 6) is 0.508. The molecule has 20 heavy (non-hydrogen) atoms. The van der Waals surface area contributed by atoms with E-state index in [1.54, 1.807) is 18.3 Å². The monoisotopic (exact) mass is 338 g/mol. The lowest BCUT2D eigenvalue weighted by atomic mass is 10.3. The molecule has 0 aliphatic heterocycles. The van der Waals surface area contributed by atoms with E-state index in [4.69, 9.17) is 4.74 Å². The van der Waals surface area contributed by atoms with Crippen LogP contribution in [0.5, 0.6) is 11.6 Å². The van der Waals surface area contributed by atoms with Crippen molar-refractivity contribution in [3.8, 4) is 11.6 Å². The van der Waals surface area contributed by atoms with Crippen LogP contribution in [0.15, 0.2) is 41.0 Å². The van der Waals surface area contributed by atoms with Gasteiger partial charge in [-0.2, -0.15) is 0 Å². The van der Waals surface area contributed by atoms with Crippen LogP contribution in [0, 0.1) is 5.82 Å². The second-order valence-corrected chi connectivity index (χ2v) is 5.21. The zero-order valence-corrected chi connectivity index (χ0v) is 12.8. The molecule has 0 aliphatic rings. The van der Waals surface area contributed by atoms with Crippen molar-refractivity contribution in [2.24, 2.45) is 0 Å². The first-order valence-electron chi connectivity index (χ1n) is 6.47. The number of pyridine rings is 1. The molecule has 1 aromatic carbocycles. The summed E-state index contributed by atoms with van der Waals surface area (Å²) in [6.45, 7) is 3.89. The zero-order valence-electron chi connectivity index (χ0n) is 11.2. The second-order valence-electron chi connectivity index (χ2n) is 4.36. The topological polar surface area (TPSA) is 34.1 Å². The van der Waals surface area contributed by atoms with Crippen LogP contribution in [-0.2, 0) is 6.54 Å². The van der Waals surface area contributed by atoms with Crippen molar-refractivity contribution in [1.82, 2.24) is 10.3 Å². The van der Waals surface area contributed by atoms with Gasteiger partial charge in [-0.15, -0.1) is 0 Å². The Labute approximate surface area is 126 Å². The minimum absolute atomic E-state index is 0.344. The van der Waals surface area contributed by atoms with E-state index in [1.165, 1.54) is 12.1 Å². The van der Waals surface area contributed by atoms with Gasteiger partial charge in [0.25, 0.3) is 0 Å². The van der Waals surface area contributed by atoms with E-state index < -0.39 is 0 Å². The number of ether oxygens (including phenoxy) is 1. The van der Waals surface area contributed by atoms with Gasteiger partial charge in [0.2, 0.25) is 5.88 Å². The predicted molar refractivity (Wildman–Crippen MR) is 80.4 cm³/mol. The van der Waals surface area contributed by atoms with Gasteiger partial charge in [-0.25, -0.2) is 9.37 Å². The summed E-state index contributed by atoms with van der Waals surface area (Å²) in [7, 11) is 0. The fourth-order valence-corrected chi connectivity index (χ4v) is 1.98. The second kappa shape index (κ2) is 7.36. The van der Waals surface area contributed by atoms with Crippen LogP contribution >= 0.6 is 15.9 Å². The molecule has 0 saturated heterocycles. The summed E-state index contributed by atoms with van der Waals surface area (Å²) in [4.78, 5) is 4.22. The van der Waals surface area contributed by atoms with Crippen LogP contribution in [0.2, 0.25) is 0 Å². The normalized spacial score (nSPS) is 10.6. The van der Waals surface area contributed by atoms with Crippen LogP contribution in [0.25, 0.3) is 0 Å². The van der Waals surface area contributed by atoms with Crippen LogP contribution < -0.4 is 10.1 Å². The molecule has 0 spiro atoms. The van der Waals surface area contributed by atoms with E-state index in [9.17, 15) is 4.39 Å². The van der Waals surface area contributed by atoms with Crippen molar-refractivity contribution in [2.75, 3.05) is 6.54 Å². The lowest BCUT2D eigenvalue weighted by molar-refractivity contribution is 0.454. The Balaban J connectivity index is 2.01. The number of halogens is 2. The molecule has 0 unspecified atom stereocenters. The molecule has 1 heterocycles. The van der Waals surface area contributed by atoms with E-state index >= 15 is 0 Å². The first-order valence-corrected chi connectivity index (χ1v) is 7.27. The first-order chi connectivity index (χ1) is 9.69. The molecule has 2 aromatic rings. The average molecular weight is 339 g/mol. The Morgan fingerprint density at radius 2 is 2.15 bits per heavy atom. The molecule has 0 atom stereocenters. The summed E-state index contributed by atoms with van der Waals surface area (Å²) < 4.78 is 19.4. The van der Waals surface area contributed by atoms with Gasteiger partial charge in [0.15, 0.2) is 0 Å². The van der Waals surface area contributed by atoms with E-state index in [-0.39, 0.29) is 5.82 Å². The number of nitrogens with zero attached hydrogens (tertiary/aromatic N) is 1. The fraction of sp³-hybridized carbons (Fsp3) is 0.267. The molecular formula is C15H16BrFN2O. The average Bonchev–Trinajstić information content (AvgIpc) is 2.45. The molecule has 0 saturated carbocycles. The smallest absolute Gasteiger partial charge is 0.219 e. The van der Waals surface area contributed by atoms with Crippen LogP contribution in [0.3, 0.4) is 0 Å². The molecule has 2 rings (SSSR count). The van der Waals surface area contributed by atoms with Crippen LogP contribution in [0.1, 0.15) is 18.9 Å². The first kappa shape index (κ1) is 14.9. The largest absolute Gasteiger partial charge is 0.438 e. The number of aromatic nitrogens is 1. The Morgan fingerprint density at radius 3 is 2.85 bits per heavy atom. The van der Waals surface area contributed by atoms with Crippen LogP contribution in [-0.4, -0.2) is 11.5 Å². The van der Waals surface area contributed by atoms with Gasteiger partial charge in [0, 0.05) is 24.9 Å². The number of benzene rings is 1. The van der Waals surface area contributed by atoms with Crippen molar-refractivity contribution in [3.05, 3.63) is 52.4 Å². The highest BCUT2D eigenvalue weighted by Gasteiger charge is 2.05. The van der Waals surface area contributed by atoms with Gasteiger partial charge in [0.1, 0.15) is 11.6 Å². The van der Waals surface area contributed by atoms with Gasteiger partial charge in [-0.1, -0.05) is 13.0 Å². The van der Waals surface area contributed by atoms with Gasteiger partial charge < -0.3 is 10.1 Å². The van der Waals surface area contributed by atoms with Crippen molar-refractivity contribution >= 4 is 15.9 Å². The molecule has 1 N–H and O–H groups in total. The highest BCUT2D eigenvalue weighted by molar-refractivity contribution is 9.10. The Kier molecular flexibility index (Phi) is 5.49. The molecule has 1 aromatic heterocycles. The minimum Gasteiger partial charge on any atom is -0.438 e. The zero-order chi connectivity index (χ0) is 14.4. The molecule has 106 valence electrons. The third kappa shape index (κ3) is 4.28. The maximum atomic E-state index is 13.2. The predicted octanol–water partition coefficient (Wildman–Crippen LogP) is 4.28. The Bertz CT molecular complexity index is 560. The van der Waals surface area contributed by atoms with Gasteiger partial charge in [-0.05, 0) is 46.6 Å². The molecule has 0 radical (unpaired) electrons. The van der Waals surface area contributed by atoms with Crippen LogP contribution in [0.4, 0.5) is 4.39 Å². The Morgan fingerprint density at radius 1 is 1.30 bits per heavy atom. The number of nitrogens with one attached hydrogen (secondary N) is 1. The molecule has 0 amide bonds. The summed E-state index contributed by atoms with van der Waals surface area (Å²) in [5, 5.41) is 3.30. The van der Waals surface area contributed by atoms with Gasteiger partial charge >= 0.3 is 0 Å². The van der Waals surface area contributed by atoms with Crippen molar-refractivity contribution in [3.63, 3.8) is 0 Å². The summed E-state index contributed by atoms with van der Waals surface area (Å²) in [6, 6.07) is 8.02. The quantitative estimate of drug-likeness (QED) is 0.798. The number of hydrogen-bond donors (Lipinski definition) is 1. The Hall–Kier alpha value is -1.46. The molecular weight excluding hydrogens is 323 g/mol. The molecule has 0 aliphatic carbocycles. The lowest BCUT2D eigenvalue weighted by Crippen LogP contribution is -2.13. The lowest BCUT2D eigenvalue weighted by Gasteiger charge is -2.08. The van der Waals surface area contributed by atoms with E-state index in [0.717, 1.165) is 25.1 Å². The van der Waals surface area contributed by atoms with Crippen molar-refractivity contribution < 1.29 is 9.13 Å². The summed E-state index contributed by atoms with van der Waals surface area (Å²) in [5.41, 5.74) is 1.09. The maximum Gasteiger partial charge on any atom is 0.219 e. The molecule has 0 bridgehead atoms. The highest BCUT2D eigenvalue weighted by Crippen LogP contribution is 2.29. The van der Waals surface area contributed by atoms with Crippen molar-refractivity contribution in [1.29, 1.82) is 0 Å². The summed E-state index contributed by atoms with van der Waals surface area (Å²) in [6.07, 6.45) is 2.85. The standard InChI is InChI=1S/C15H16BrFN2O/c1-2-7-18-9-11-3-6-15(19-10-11)20-14-8-12(17)4-5-13(14)16/h3-6,8,10,18H,2,7,9H2,1H3. The molecule has 5 heteroatoms. The molecule has 0 fully saturated rings. The third-order valence-electron chi connectivity index (χ3n) is 2.66. The SMILES string of the molecule is CCCNCc1ccc(Oc2cc(F)ccc2Br)nc1. The van der Waals surface area contributed by atoms with E-state index in [2.05, 4.69) is 33.2 Å². The number of rotatable bonds is 6. The highest BCUT2D eigenvalue weighted by atomic mass is 79.9. The van der Waals surface area contributed by atoms with Gasteiger partial charge in [-0.3, -0.25) is 0 Å². The maximum absolute atomic E-state index is 13.2. The minimum atomic E-state index is -0.344. The summed E-state index contributed by atoms with van der Waals surface area (Å²) >= 11 is 3.32.